The van der Waals surface area contributed by atoms with E-state index in [-0.39, 0.29) is 18.1 Å². The molecule has 1 heterocycles. The second-order valence-electron chi connectivity index (χ2n) is 1.67. The van der Waals surface area contributed by atoms with Crippen molar-refractivity contribution in [2.24, 2.45) is 5.73 Å². The molecule has 0 bridgehead atoms. The van der Waals surface area contributed by atoms with Crippen LogP contribution in [0.5, 0.6) is 0 Å². The maximum atomic E-state index is 10.1. The van der Waals surface area contributed by atoms with Crippen molar-refractivity contribution in [3.05, 3.63) is 0 Å². The highest BCUT2D eigenvalue weighted by molar-refractivity contribution is 5.81. The minimum absolute atomic E-state index is 0.0625. The number of ether oxygens (including phenoxy) is 1. The highest BCUT2D eigenvalue weighted by Crippen LogP contribution is 2.09. The molecule has 0 aromatic carbocycles. The van der Waals surface area contributed by atoms with Gasteiger partial charge in [-0.05, 0) is 6.92 Å². The van der Waals surface area contributed by atoms with Crippen LogP contribution >= 0.6 is 0 Å². The zero-order valence-electron chi connectivity index (χ0n) is 4.05. The lowest BCUT2D eigenvalue weighted by atomic mass is 10.1. The molecule has 0 radical (unpaired) electrons. The SMILES string of the molecule is CC1OC(=O)C1N. The minimum atomic E-state index is -0.361. The molecule has 0 saturated carbocycles. The average molecular weight is 101 g/mol. The molecular weight excluding hydrogens is 94.0 g/mol. The van der Waals surface area contributed by atoms with Crippen molar-refractivity contribution in [1.82, 2.24) is 0 Å². The van der Waals surface area contributed by atoms with Crippen LogP contribution in [0.4, 0.5) is 0 Å². The van der Waals surface area contributed by atoms with Crippen molar-refractivity contribution in [2.45, 2.75) is 19.1 Å². The molecule has 1 saturated heterocycles. The number of hydrogen-bond acceptors (Lipinski definition) is 3. The van der Waals surface area contributed by atoms with Crippen molar-refractivity contribution >= 4 is 5.97 Å². The number of carbonyl (C=O) groups is 1. The molecule has 1 aliphatic rings. The number of rotatable bonds is 0. The van der Waals surface area contributed by atoms with E-state index in [0.29, 0.717) is 0 Å². The number of hydrogen-bond donors (Lipinski definition) is 1. The fraction of sp³-hybridized carbons (Fsp3) is 0.750. The van der Waals surface area contributed by atoms with Gasteiger partial charge in [-0.1, -0.05) is 0 Å². The molecule has 1 aliphatic heterocycles. The number of esters is 1. The summed E-state index contributed by atoms with van der Waals surface area (Å²) < 4.78 is 4.49. The Kier molecular flexibility index (Phi) is 0.785. The van der Waals surface area contributed by atoms with Gasteiger partial charge in [0.1, 0.15) is 12.1 Å². The molecule has 0 aliphatic carbocycles. The summed E-state index contributed by atoms with van der Waals surface area (Å²) in [6.07, 6.45) is -0.0625. The molecule has 0 amide bonds. The highest BCUT2D eigenvalue weighted by atomic mass is 16.6. The van der Waals surface area contributed by atoms with Crippen molar-refractivity contribution in [2.75, 3.05) is 0 Å². The van der Waals surface area contributed by atoms with Gasteiger partial charge in [0, 0.05) is 0 Å². The van der Waals surface area contributed by atoms with Gasteiger partial charge < -0.3 is 10.5 Å². The molecule has 2 unspecified atom stereocenters. The average Bonchev–Trinajstić information content (AvgIpc) is 1.68. The molecule has 2 N–H and O–H groups in total. The molecule has 40 valence electrons. The Morgan fingerprint density at radius 2 is 2.43 bits per heavy atom. The van der Waals surface area contributed by atoms with Crippen molar-refractivity contribution in [1.29, 1.82) is 0 Å². The number of cyclic esters (lactones) is 1. The summed E-state index contributed by atoms with van der Waals surface area (Å²) in [4.78, 5) is 10.1. The third kappa shape index (κ3) is 0.489. The summed E-state index contributed by atoms with van der Waals surface area (Å²) >= 11 is 0. The molecule has 1 fully saturated rings. The highest BCUT2D eigenvalue weighted by Gasteiger charge is 2.35. The van der Waals surface area contributed by atoms with Crippen molar-refractivity contribution in [3.8, 4) is 0 Å². The van der Waals surface area contributed by atoms with Crippen LogP contribution in [0.3, 0.4) is 0 Å². The van der Waals surface area contributed by atoms with E-state index in [2.05, 4.69) is 4.74 Å². The summed E-state index contributed by atoms with van der Waals surface area (Å²) in [5.41, 5.74) is 5.19. The Balaban J connectivity index is 2.43. The molecule has 2 atom stereocenters. The summed E-state index contributed by atoms with van der Waals surface area (Å²) in [6.45, 7) is 1.77. The van der Waals surface area contributed by atoms with E-state index in [1.54, 1.807) is 6.92 Å². The van der Waals surface area contributed by atoms with Crippen LogP contribution in [-0.4, -0.2) is 18.1 Å². The van der Waals surface area contributed by atoms with Crippen LogP contribution in [-0.2, 0) is 9.53 Å². The monoisotopic (exact) mass is 101 g/mol. The Labute approximate surface area is 41.4 Å². The maximum absolute atomic E-state index is 10.1. The topological polar surface area (TPSA) is 52.3 Å². The van der Waals surface area contributed by atoms with E-state index >= 15 is 0 Å². The minimum Gasteiger partial charge on any atom is -0.459 e. The van der Waals surface area contributed by atoms with Gasteiger partial charge in [-0.3, -0.25) is 4.79 Å². The van der Waals surface area contributed by atoms with Crippen LogP contribution in [0.2, 0.25) is 0 Å². The van der Waals surface area contributed by atoms with E-state index in [0.717, 1.165) is 0 Å². The van der Waals surface area contributed by atoms with Gasteiger partial charge in [0.25, 0.3) is 0 Å². The normalized spacial score (nSPS) is 39.4. The molecule has 3 heteroatoms. The Morgan fingerprint density at radius 1 is 1.86 bits per heavy atom. The van der Waals surface area contributed by atoms with Crippen LogP contribution in [0.1, 0.15) is 6.92 Å². The molecule has 7 heavy (non-hydrogen) atoms. The third-order valence-electron chi connectivity index (χ3n) is 1.08. The fourth-order valence-electron chi connectivity index (χ4n) is 0.454. The van der Waals surface area contributed by atoms with Gasteiger partial charge >= 0.3 is 5.97 Å². The first-order chi connectivity index (χ1) is 3.22. The van der Waals surface area contributed by atoms with E-state index in [9.17, 15) is 4.79 Å². The van der Waals surface area contributed by atoms with Gasteiger partial charge in [0.15, 0.2) is 0 Å². The first-order valence-electron chi connectivity index (χ1n) is 2.18. The summed E-state index contributed by atoms with van der Waals surface area (Å²) in [6, 6.07) is -0.361. The molecule has 0 aromatic rings. The lowest BCUT2D eigenvalue weighted by Gasteiger charge is -2.28. The fourth-order valence-corrected chi connectivity index (χ4v) is 0.454. The van der Waals surface area contributed by atoms with Crippen molar-refractivity contribution < 1.29 is 9.53 Å². The standard InChI is InChI=1S/C4H7NO2/c1-2-3(5)4(6)7-2/h2-3H,5H2,1H3. The first-order valence-corrected chi connectivity index (χ1v) is 2.18. The third-order valence-corrected chi connectivity index (χ3v) is 1.08. The second-order valence-corrected chi connectivity index (χ2v) is 1.67. The first kappa shape index (κ1) is 4.59. The summed E-state index contributed by atoms with van der Waals surface area (Å²) in [5.74, 6) is -0.285. The van der Waals surface area contributed by atoms with E-state index in [4.69, 9.17) is 5.73 Å². The lowest BCUT2D eigenvalue weighted by molar-refractivity contribution is -0.171. The number of carbonyl (C=O) groups excluding carboxylic acids is 1. The van der Waals surface area contributed by atoms with E-state index in [1.807, 2.05) is 0 Å². The summed E-state index contributed by atoms with van der Waals surface area (Å²) in [7, 11) is 0. The predicted molar refractivity (Wildman–Crippen MR) is 23.5 cm³/mol. The van der Waals surface area contributed by atoms with Crippen LogP contribution in [0, 0.1) is 0 Å². The predicted octanol–water partition coefficient (Wildman–Crippen LogP) is -0.741. The van der Waals surface area contributed by atoms with Crippen molar-refractivity contribution in [3.63, 3.8) is 0 Å². The smallest absolute Gasteiger partial charge is 0.327 e. The van der Waals surface area contributed by atoms with E-state index < -0.39 is 0 Å². The molecular formula is C4H7NO2. The van der Waals surface area contributed by atoms with Crippen LogP contribution in [0.15, 0.2) is 0 Å². The van der Waals surface area contributed by atoms with Gasteiger partial charge in [0.2, 0.25) is 0 Å². The lowest BCUT2D eigenvalue weighted by Crippen LogP contribution is -2.54. The Bertz CT molecular complexity index is 102. The van der Waals surface area contributed by atoms with Crippen LogP contribution < -0.4 is 5.73 Å². The Morgan fingerprint density at radius 3 is 2.43 bits per heavy atom. The van der Waals surface area contributed by atoms with E-state index in [1.165, 1.54) is 0 Å². The largest absolute Gasteiger partial charge is 0.459 e. The van der Waals surface area contributed by atoms with Crippen LogP contribution in [0.25, 0.3) is 0 Å². The molecule has 1 rings (SSSR count). The second kappa shape index (κ2) is 1.20. The van der Waals surface area contributed by atoms with Gasteiger partial charge in [-0.15, -0.1) is 0 Å². The zero-order valence-corrected chi connectivity index (χ0v) is 4.05. The molecule has 0 aromatic heterocycles. The maximum Gasteiger partial charge on any atom is 0.327 e. The van der Waals surface area contributed by atoms with Gasteiger partial charge in [-0.25, -0.2) is 0 Å². The van der Waals surface area contributed by atoms with Gasteiger partial charge in [-0.2, -0.15) is 0 Å². The zero-order chi connectivity index (χ0) is 5.44. The quantitative estimate of drug-likeness (QED) is 0.409. The molecule has 0 spiro atoms. The Hall–Kier alpha value is -0.570. The molecule has 3 nitrogen and oxygen atoms in total. The van der Waals surface area contributed by atoms with Gasteiger partial charge in [0.05, 0.1) is 0 Å². The number of nitrogens with two attached hydrogens (primary N) is 1. The summed E-state index contributed by atoms with van der Waals surface area (Å²) in [5, 5.41) is 0.